The lowest BCUT2D eigenvalue weighted by molar-refractivity contribution is -0.157. The lowest BCUT2D eigenvalue weighted by atomic mass is 9.65. The summed E-state index contributed by atoms with van der Waals surface area (Å²) in [6.07, 6.45) is 2.97. The van der Waals surface area contributed by atoms with Gasteiger partial charge in [-0.2, -0.15) is 0 Å². The van der Waals surface area contributed by atoms with E-state index < -0.39 is 47.0 Å². The zero-order chi connectivity index (χ0) is 25.0. The third-order valence-electron chi connectivity index (χ3n) is 8.14. The molecule has 3 heterocycles. The number of anilines is 1. The number of carboxylic acid groups (broad SMARTS) is 1. The van der Waals surface area contributed by atoms with E-state index in [1.165, 1.54) is 4.90 Å². The molecule has 4 rings (SSSR count). The lowest BCUT2D eigenvalue weighted by Crippen LogP contribution is -2.58. The van der Waals surface area contributed by atoms with E-state index >= 15 is 0 Å². The molecule has 0 radical (unpaired) electrons. The molecule has 0 aliphatic carbocycles. The smallest absolute Gasteiger partial charge is 0.310 e. The van der Waals surface area contributed by atoms with Crippen LogP contribution in [0.2, 0.25) is 0 Å². The van der Waals surface area contributed by atoms with Crippen molar-refractivity contribution in [3.8, 4) is 0 Å². The Morgan fingerprint density at radius 2 is 1.97 bits per heavy atom. The molecule has 2 amide bonds. The van der Waals surface area contributed by atoms with Gasteiger partial charge in [-0.05, 0) is 51.2 Å². The number of aryl methyl sites for hydroxylation is 2. The van der Waals surface area contributed by atoms with Crippen LogP contribution in [0.4, 0.5) is 5.69 Å². The van der Waals surface area contributed by atoms with Gasteiger partial charge in [-0.15, -0.1) is 6.58 Å². The average molecular weight is 471 g/mol. The van der Waals surface area contributed by atoms with E-state index in [2.05, 4.69) is 6.58 Å². The molecule has 34 heavy (non-hydrogen) atoms. The van der Waals surface area contributed by atoms with Crippen LogP contribution in [0.25, 0.3) is 0 Å². The Morgan fingerprint density at radius 3 is 2.50 bits per heavy atom. The highest BCUT2D eigenvalue weighted by Crippen LogP contribution is 2.64. The van der Waals surface area contributed by atoms with Crippen molar-refractivity contribution >= 4 is 23.5 Å². The van der Waals surface area contributed by atoms with Crippen LogP contribution in [0.1, 0.15) is 44.2 Å². The van der Waals surface area contributed by atoms with Gasteiger partial charge in [0.25, 0.3) is 5.91 Å². The highest BCUT2D eigenvalue weighted by Gasteiger charge is 2.79. The van der Waals surface area contributed by atoms with Crippen molar-refractivity contribution in [3.63, 3.8) is 0 Å². The predicted molar refractivity (Wildman–Crippen MR) is 126 cm³/mol. The summed E-state index contributed by atoms with van der Waals surface area (Å²) in [5.41, 5.74) is 0.331. The number of carbonyl (C=O) groups is 3. The molecule has 3 aliphatic heterocycles. The molecular formula is C26H34N2O6. The fourth-order valence-electron chi connectivity index (χ4n) is 6.67. The van der Waals surface area contributed by atoms with E-state index in [1.807, 2.05) is 39.0 Å². The first-order chi connectivity index (χ1) is 16.1. The summed E-state index contributed by atoms with van der Waals surface area (Å²) in [5, 5.41) is 20.1. The number of ether oxygens (including phenoxy) is 1. The van der Waals surface area contributed by atoms with E-state index in [9.17, 15) is 24.6 Å². The molecular weight excluding hydrogens is 436 g/mol. The third kappa shape index (κ3) is 3.15. The topological polar surface area (TPSA) is 107 Å². The summed E-state index contributed by atoms with van der Waals surface area (Å²) in [6, 6.07) is 4.06. The van der Waals surface area contributed by atoms with E-state index in [-0.39, 0.29) is 19.1 Å². The molecule has 1 aromatic carbocycles. The van der Waals surface area contributed by atoms with Gasteiger partial charge < -0.3 is 24.7 Å². The van der Waals surface area contributed by atoms with Crippen molar-refractivity contribution in [2.45, 2.75) is 70.2 Å². The molecule has 6 atom stereocenters. The maximum Gasteiger partial charge on any atom is 0.310 e. The van der Waals surface area contributed by atoms with Crippen LogP contribution < -0.4 is 4.90 Å². The number of likely N-dealkylation sites (tertiary alicyclic amines) is 1. The number of nitrogens with zero attached hydrogens (tertiary/aromatic N) is 2. The van der Waals surface area contributed by atoms with Crippen molar-refractivity contribution < 1.29 is 29.3 Å². The Morgan fingerprint density at radius 1 is 1.32 bits per heavy atom. The van der Waals surface area contributed by atoms with E-state index in [0.29, 0.717) is 19.3 Å². The number of fused-ring (bicyclic) bond motifs is 1. The van der Waals surface area contributed by atoms with E-state index in [1.54, 1.807) is 17.9 Å². The van der Waals surface area contributed by atoms with Gasteiger partial charge in [-0.25, -0.2) is 0 Å². The van der Waals surface area contributed by atoms with Crippen molar-refractivity contribution in [3.05, 3.63) is 42.0 Å². The Bertz CT molecular complexity index is 1020. The average Bonchev–Trinajstić information content (AvgIpc) is 3.41. The molecule has 184 valence electrons. The van der Waals surface area contributed by atoms with Crippen LogP contribution in [0.5, 0.6) is 0 Å². The van der Waals surface area contributed by atoms with Gasteiger partial charge in [-0.3, -0.25) is 14.4 Å². The van der Waals surface area contributed by atoms with Crippen LogP contribution in [0.3, 0.4) is 0 Å². The highest BCUT2D eigenvalue weighted by molar-refractivity contribution is 6.05. The van der Waals surface area contributed by atoms with E-state index in [4.69, 9.17) is 4.74 Å². The minimum atomic E-state index is -1.24. The molecule has 2 unspecified atom stereocenters. The van der Waals surface area contributed by atoms with Crippen molar-refractivity contribution in [2.24, 2.45) is 11.8 Å². The van der Waals surface area contributed by atoms with Gasteiger partial charge in [0.2, 0.25) is 5.91 Å². The van der Waals surface area contributed by atoms with Crippen LogP contribution in [0, 0.1) is 25.7 Å². The number of aliphatic hydroxyl groups is 1. The molecule has 1 spiro atoms. The number of hydrogen-bond donors (Lipinski definition) is 2. The fraction of sp³-hybridized carbons (Fsp3) is 0.577. The van der Waals surface area contributed by atoms with Crippen molar-refractivity contribution in [1.29, 1.82) is 0 Å². The Kier molecular flexibility index (Phi) is 6.10. The molecule has 8 heteroatoms. The van der Waals surface area contributed by atoms with Crippen LogP contribution in [-0.2, 0) is 19.1 Å². The first kappa shape index (κ1) is 24.4. The van der Waals surface area contributed by atoms with Gasteiger partial charge in [0, 0.05) is 12.2 Å². The molecule has 2 N–H and O–H groups in total. The summed E-state index contributed by atoms with van der Waals surface area (Å²) in [5.74, 6) is -3.85. The third-order valence-corrected chi connectivity index (χ3v) is 8.14. The van der Waals surface area contributed by atoms with E-state index in [0.717, 1.165) is 16.8 Å². The fourth-order valence-corrected chi connectivity index (χ4v) is 6.67. The Hall–Kier alpha value is -2.71. The molecule has 8 nitrogen and oxygen atoms in total. The quantitative estimate of drug-likeness (QED) is 0.565. The lowest BCUT2D eigenvalue weighted by Gasteiger charge is -2.39. The molecule has 1 aromatic rings. The standard InChI is InChI=1S/C26H34N2O6/c1-6-13-27(20-15(3)9-8-10-16(20)4)23(31)21-26-12-11-25(7-2,34-26)19(24(32)33)18(26)22(30)28(21)17(5)14-29/h6,8-10,17-19,21,29H,1,7,11-14H2,2-5H3,(H,32,33)/t17-,18+,19-,21?,25+,26?/m1/s1. The van der Waals surface area contributed by atoms with Crippen LogP contribution in [0.15, 0.2) is 30.9 Å². The second-order valence-corrected chi connectivity index (χ2v) is 9.93. The van der Waals surface area contributed by atoms with Gasteiger partial charge in [0.05, 0.1) is 24.2 Å². The summed E-state index contributed by atoms with van der Waals surface area (Å²) < 4.78 is 6.55. The number of amides is 2. The molecule has 0 saturated carbocycles. The van der Waals surface area contributed by atoms with Gasteiger partial charge in [-0.1, -0.05) is 31.2 Å². The number of carbonyl (C=O) groups excluding carboxylic acids is 2. The Labute approximate surface area is 200 Å². The molecule has 3 fully saturated rings. The molecule has 3 saturated heterocycles. The number of para-hydroxylation sites is 1. The number of rotatable bonds is 8. The molecule has 3 aliphatic rings. The highest BCUT2D eigenvalue weighted by atomic mass is 16.5. The number of benzene rings is 1. The van der Waals surface area contributed by atoms with Crippen molar-refractivity contribution in [1.82, 2.24) is 4.90 Å². The van der Waals surface area contributed by atoms with Crippen LogP contribution >= 0.6 is 0 Å². The summed E-state index contributed by atoms with van der Waals surface area (Å²) in [4.78, 5) is 43.6. The van der Waals surface area contributed by atoms with Gasteiger partial charge in [0.1, 0.15) is 17.6 Å². The zero-order valence-electron chi connectivity index (χ0n) is 20.3. The summed E-state index contributed by atoms with van der Waals surface area (Å²) in [7, 11) is 0. The second kappa shape index (κ2) is 8.50. The van der Waals surface area contributed by atoms with Gasteiger partial charge in [0.15, 0.2) is 0 Å². The summed E-state index contributed by atoms with van der Waals surface area (Å²) >= 11 is 0. The minimum absolute atomic E-state index is 0.221. The first-order valence-electron chi connectivity index (χ1n) is 11.9. The predicted octanol–water partition coefficient (Wildman–Crippen LogP) is 2.44. The Balaban J connectivity index is 1.89. The second-order valence-electron chi connectivity index (χ2n) is 9.93. The SMILES string of the molecule is C=CCN(C(=O)C1N([C@H](C)CO)C(=O)[C@@H]2[C@H](C(=O)O)[C@]3(CC)CCC12O3)c1c(C)cccc1C. The largest absolute Gasteiger partial charge is 0.481 e. The number of carboxylic acids is 1. The maximum atomic E-state index is 14.4. The zero-order valence-corrected chi connectivity index (χ0v) is 20.3. The molecule has 0 aromatic heterocycles. The maximum absolute atomic E-state index is 14.4. The summed E-state index contributed by atoms with van der Waals surface area (Å²) in [6.45, 7) is 11.1. The minimum Gasteiger partial charge on any atom is -0.481 e. The number of aliphatic carboxylic acids is 1. The van der Waals surface area contributed by atoms with Gasteiger partial charge >= 0.3 is 5.97 Å². The number of hydrogen-bond acceptors (Lipinski definition) is 5. The monoisotopic (exact) mass is 470 g/mol. The molecule has 2 bridgehead atoms. The normalized spacial score (nSPS) is 32.6. The van der Waals surface area contributed by atoms with Crippen LogP contribution in [-0.4, -0.2) is 69.3 Å². The first-order valence-corrected chi connectivity index (χ1v) is 11.9. The van der Waals surface area contributed by atoms with Crippen molar-refractivity contribution in [2.75, 3.05) is 18.1 Å². The number of aliphatic hydroxyl groups excluding tert-OH is 1.